The Labute approximate surface area is 133 Å². The third kappa shape index (κ3) is 2.66. The summed E-state index contributed by atoms with van der Waals surface area (Å²) in [6, 6.07) is 9.41. The zero-order chi connectivity index (χ0) is 15.0. The molecule has 0 aliphatic carbocycles. The van der Waals surface area contributed by atoms with Crippen molar-refractivity contribution >= 4 is 37.9 Å². The molecule has 0 spiro atoms. The van der Waals surface area contributed by atoms with Gasteiger partial charge < -0.3 is 5.11 Å². The number of aromatic nitrogens is 2. The molecular formula is C15H13BrN2O2S. The molecule has 1 N–H and O–H groups in total. The van der Waals surface area contributed by atoms with Gasteiger partial charge in [-0.3, -0.25) is 0 Å². The van der Waals surface area contributed by atoms with Crippen molar-refractivity contribution in [3.8, 4) is 0 Å². The van der Waals surface area contributed by atoms with Crippen LogP contribution in [0.1, 0.15) is 11.1 Å². The molecule has 2 heterocycles. The summed E-state index contributed by atoms with van der Waals surface area (Å²) in [6.07, 6.45) is 3.35. The van der Waals surface area contributed by atoms with E-state index in [0.29, 0.717) is 16.1 Å². The molecule has 0 fully saturated rings. The molecule has 0 radical (unpaired) electrons. The molecule has 3 rings (SSSR count). The highest BCUT2D eigenvalue weighted by Crippen LogP contribution is 2.25. The molecule has 21 heavy (non-hydrogen) atoms. The summed E-state index contributed by atoms with van der Waals surface area (Å²) in [4.78, 5) is 5.03. The highest BCUT2D eigenvalue weighted by molar-refractivity contribution is 9.10. The Hall–Kier alpha value is -1.50. The lowest BCUT2D eigenvalue weighted by Crippen LogP contribution is -2.04. The van der Waals surface area contributed by atoms with Crippen molar-refractivity contribution in [1.82, 2.24) is 8.96 Å². The van der Waals surface area contributed by atoms with Crippen LogP contribution in [-0.4, -0.2) is 18.3 Å². The van der Waals surface area contributed by atoms with Crippen LogP contribution in [-0.2, 0) is 17.6 Å². The third-order valence-electron chi connectivity index (χ3n) is 3.23. The summed E-state index contributed by atoms with van der Waals surface area (Å²) in [6.45, 7) is 1.87. The van der Waals surface area contributed by atoms with E-state index < -0.39 is 11.0 Å². The molecule has 108 valence electrons. The van der Waals surface area contributed by atoms with E-state index in [9.17, 15) is 9.32 Å². The number of aliphatic hydroxyl groups excluding tert-OH is 1. The van der Waals surface area contributed by atoms with Gasteiger partial charge in [0.05, 0.1) is 11.5 Å². The molecule has 1 unspecified atom stereocenters. The number of hydrogen-bond donors (Lipinski definition) is 1. The molecule has 1 atom stereocenters. The number of nitrogens with zero attached hydrogens (tertiary/aromatic N) is 2. The van der Waals surface area contributed by atoms with Gasteiger partial charge in [-0.05, 0) is 41.1 Å². The first-order valence-electron chi connectivity index (χ1n) is 6.35. The molecule has 0 saturated heterocycles. The van der Waals surface area contributed by atoms with Crippen molar-refractivity contribution in [2.24, 2.45) is 0 Å². The molecule has 4 nitrogen and oxygen atoms in total. The third-order valence-corrected chi connectivity index (χ3v) is 4.98. The number of rotatable bonds is 3. The van der Waals surface area contributed by atoms with Crippen LogP contribution < -0.4 is 0 Å². The number of aliphatic hydroxyl groups is 1. The molecular weight excluding hydrogens is 352 g/mol. The number of benzene rings is 1. The Bertz CT molecular complexity index is 828. The minimum Gasteiger partial charge on any atom is -0.392 e. The lowest BCUT2D eigenvalue weighted by atomic mass is 10.2. The SMILES string of the molecule is Cc1ccc(S(=O)n2cc(CO)c3cc(Br)cnc32)cc1. The monoisotopic (exact) mass is 364 g/mol. The quantitative estimate of drug-likeness (QED) is 0.776. The van der Waals surface area contributed by atoms with Crippen LogP contribution in [0, 0.1) is 6.92 Å². The van der Waals surface area contributed by atoms with Gasteiger partial charge in [-0.1, -0.05) is 17.7 Å². The van der Waals surface area contributed by atoms with Gasteiger partial charge in [-0.2, -0.15) is 0 Å². The fourth-order valence-corrected chi connectivity index (χ4v) is 3.59. The van der Waals surface area contributed by atoms with Crippen LogP contribution in [0.4, 0.5) is 0 Å². The van der Waals surface area contributed by atoms with Crippen LogP contribution in [0.25, 0.3) is 11.0 Å². The average Bonchev–Trinajstić information content (AvgIpc) is 2.85. The molecule has 0 amide bonds. The van der Waals surface area contributed by atoms with Crippen molar-refractivity contribution < 1.29 is 9.32 Å². The second kappa shape index (κ2) is 5.71. The van der Waals surface area contributed by atoms with Gasteiger partial charge in [0, 0.05) is 27.8 Å². The van der Waals surface area contributed by atoms with Crippen LogP contribution in [0.15, 0.2) is 52.1 Å². The van der Waals surface area contributed by atoms with Gasteiger partial charge in [-0.15, -0.1) is 0 Å². The predicted molar refractivity (Wildman–Crippen MR) is 86.3 cm³/mol. The van der Waals surface area contributed by atoms with E-state index in [1.165, 1.54) is 0 Å². The molecule has 0 bridgehead atoms. The summed E-state index contributed by atoms with van der Waals surface area (Å²) in [5, 5.41) is 10.3. The van der Waals surface area contributed by atoms with Crippen LogP contribution >= 0.6 is 15.9 Å². The number of aryl methyl sites for hydroxylation is 1. The molecule has 1 aromatic carbocycles. The maximum atomic E-state index is 12.7. The van der Waals surface area contributed by atoms with Crippen molar-refractivity contribution in [3.63, 3.8) is 0 Å². The molecule has 0 saturated carbocycles. The highest BCUT2D eigenvalue weighted by atomic mass is 79.9. The Morgan fingerprint density at radius 2 is 2.05 bits per heavy atom. The first kappa shape index (κ1) is 14.4. The maximum absolute atomic E-state index is 12.7. The van der Waals surface area contributed by atoms with Crippen molar-refractivity contribution in [3.05, 3.63) is 58.3 Å². The lowest BCUT2D eigenvalue weighted by molar-refractivity contribution is 0.283. The summed E-state index contributed by atoms with van der Waals surface area (Å²) >= 11 is 3.37. The van der Waals surface area contributed by atoms with Crippen LogP contribution in [0.3, 0.4) is 0 Å². The first-order chi connectivity index (χ1) is 10.1. The fourth-order valence-electron chi connectivity index (χ4n) is 2.14. The molecule has 6 heteroatoms. The van der Waals surface area contributed by atoms with E-state index in [1.54, 1.807) is 16.4 Å². The number of hydrogen-bond acceptors (Lipinski definition) is 3. The van der Waals surface area contributed by atoms with E-state index in [1.807, 2.05) is 37.3 Å². The largest absolute Gasteiger partial charge is 0.392 e. The second-order valence-corrected chi connectivity index (χ2v) is 7.00. The standard InChI is InChI=1S/C15H13BrN2O2S/c1-10-2-4-13(5-3-10)21(20)18-8-11(9-19)14-6-12(16)7-17-15(14)18/h2-8,19H,9H2,1H3. The second-order valence-electron chi connectivity index (χ2n) is 4.73. The number of fused-ring (bicyclic) bond motifs is 1. The minimum absolute atomic E-state index is 0.118. The summed E-state index contributed by atoms with van der Waals surface area (Å²) in [5.41, 5.74) is 2.42. The lowest BCUT2D eigenvalue weighted by Gasteiger charge is -2.05. The Morgan fingerprint density at radius 1 is 1.33 bits per heavy atom. The maximum Gasteiger partial charge on any atom is 0.158 e. The predicted octanol–water partition coefficient (Wildman–Crippen LogP) is 3.17. The van der Waals surface area contributed by atoms with Crippen molar-refractivity contribution in [2.45, 2.75) is 18.4 Å². The normalized spacial score (nSPS) is 12.7. The summed E-state index contributed by atoms with van der Waals surface area (Å²) in [7, 11) is -1.39. The zero-order valence-corrected chi connectivity index (χ0v) is 13.7. The molecule has 0 aliphatic rings. The van der Waals surface area contributed by atoms with E-state index in [2.05, 4.69) is 20.9 Å². The van der Waals surface area contributed by atoms with E-state index in [-0.39, 0.29) is 6.61 Å². The summed E-state index contributed by atoms with van der Waals surface area (Å²) < 4.78 is 15.1. The fraction of sp³-hybridized carbons (Fsp3) is 0.133. The smallest absolute Gasteiger partial charge is 0.158 e. The van der Waals surface area contributed by atoms with Gasteiger partial charge in [0.2, 0.25) is 0 Å². The average molecular weight is 365 g/mol. The van der Waals surface area contributed by atoms with Crippen molar-refractivity contribution in [1.29, 1.82) is 0 Å². The van der Waals surface area contributed by atoms with Gasteiger partial charge in [-0.25, -0.2) is 13.2 Å². The summed E-state index contributed by atoms with van der Waals surface area (Å²) in [5.74, 6) is 0. The van der Waals surface area contributed by atoms with E-state index >= 15 is 0 Å². The zero-order valence-electron chi connectivity index (χ0n) is 11.3. The van der Waals surface area contributed by atoms with Crippen LogP contribution in [0.5, 0.6) is 0 Å². The van der Waals surface area contributed by atoms with Gasteiger partial charge in [0.25, 0.3) is 0 Å². The molecule has 2 aromatic heterocycles. The first-order valence-corrected chi connectivity index (χ1v) is 8.25. The Morgan fingerprint density at radius 3 is 2.71 bits per heavy atom. The topological polar surface area (TPSA) is 55.1 Å². The number of halogens is 1. The van der Waals surface area contributed by atoms with Gasteiger partial charge in [0.1, 0.15) is 0 Å². The Kier molecular flexibility index (Phi) is 3.93. The van der Waals surface area contributed by atoms with Gasteiger partial charge in [0.15, 0.2) is 16.6 Å². The van der Waals surface area contributed by atoms with Gasteiger partial charge >= 0.3 is 0 Å². The number of pyridine rings is 1. The Balaban J connectivity index is 2.16. The molecule has 3 aromatic rings. The van der Waals surface area contributed by atoms with E-state index in [4.69, 9.17) is 0 Å². The van der Waals surface area contributed by atoms with Crippen molar-refractivity contribution in [2.75, 3.05) is 0 Å². The molecule has 0 aliphatic heterocycles. The van der Waals surface area contributed by atoms with E-state index in [0.717, 1.165) is 15.4 Å². The van der Waals surface area contributed by atoms with Crippen LogP contribution in [0.2, 0.25) is 0 Å². The highest BCUT2D eigenvalue weighted by Gasteiger charge is 2.15. The minimum atomic E-state index is -1.39.